The Morgan fingerprint density at radius 1 is 1.39 bits per heavy atom. The maximum atomic E-state index is 12.3. The Bertz CT molecular complexity index is 383. The zero-order valence-electron chi connectivity index (χ0n) is 10.9. The average Bonchev–Trinajstić information content (AvgIpc) is 2.41. The number of rotatable bonds is 4. The van der Waals surface area contributed by atoms with Crippen molar-refractivity contribution < 1.29 is 9.53 Å². The minimum absolute atomic E-state index is 0.0546. The first-order chi connectivity index (χ1) is 8.77. The minimum Gasteiger partial charge on any atom is -0.466 e. The number of esters is 1. The molecule has 18 heavy (non-hydrogen) atoms. The molecule has 1 fully saturated rings. The normalized spacial score (nSPS) is 23.6. The van der Waals surface area contributed by atoms with E-state index in [2.05, 4.69) is 17.4 Å². The Hall–Kier alpha value is -1.35. The molecule has 0 radical (unpaired) electrons. The molecule has 98 valence electrons. The lowest BCUT2D eigenvalue weighted by Gasteiger charge is -2.35. The topological polar surface area (TPSA) is 38.3 Å². The van der Waals surface area contributed by atoms with Crippen LogP contribution in [0.3, 0.4) is 0 Å². The fraction of sp³-hybridized carbons (Fsp3) is 0.533. The summed E-state index contributed by atoms with van der Waals surface area (Å²) in [5, 5.41) is 3.33. The fourth-order valence-corrected chi connectivity index (χ4v) is 2.64. The van der Waals surface area contributed by atoms with Crippen LogP contribution in [0.2, 0.25) is 0 Å². The highest BCUT2D eigenvalue weighted by molar-refractivity contribution is 5.77. The third kappa shape index (κ3) is 2.91. The van der Waals surface area contributed by atoms with Crippen molar-refractivity contribution in [2.75, 3.05) is 19.7 Å². The maximum Gasteiger partial charge on any atom is 0.313 e. The molecule has 3 nitrogen and oxygen atoms in total. The van der Waals surface area contributed by atoms with Gasteiger partial charge in [0.25, 0.3) is 0 Å². The number of nitrogens with one attached hydrogen (secondary N) is 1. The number of benzene rings is 1. The Morgan fingerprint density at radius 2 is 2.17 bits per heavy atom. The second kappa shape index (κ2) is 6.01. The molecule has 0 saturated carbocycles. The zero-order valence-corrected chi connectivity index (χ0v) is 10.9. The van der Waals surface area contributed by atoms with E-state index in [1.54, 1.807) is 0 Å². The van der Waals surface area contributed by atoms with Crippen molar-refractivity contribution in [1.29, 1.82) is 0 Å². The summed E-state index contributed by atoms with van der Waals surface area (Å²) in [5.74, 6) is -0.0546. The highest BCUT2D eigenvalue weighted by Crippen LogP contribution is 2.32. The summed E-state index contributed by atoms with van der Waals surface area (Å²) >= 11 is 0. The molecule has 0 unspecified atom stereocenters. The maximum absolute atomic E-state index is 12.3. The quantitative estimate of drug-likeness (QED) is 0.829. The van der Waals surface area contributed by atoms with E-state index < -0.39 is 0 Å². The molecule has 3 heteroatoms. The molecule has 1 aliphatic rings. The first-order valence-corrected chi connectivity index (χ1v) is 6.69. The summed E-state index contributed by atoms with van der Waals surface area (Å²) in [6, 6.07) is 10.2. The minimum atomic E-state index is -0.379. The SMILES string of the molecule is CCOC(=O)[C@]1(Cc2ccccc2)CCCNC1. The van der Waals surface area contributed by atoms with E-state index in [1.807, 2.05) is 25.1 Å². The highest BCUT2D eigenvalue weighted by atomic mass is 16.5. The van der Waals surface area contributed by atoms with Crippen molar-refractivity contribution in [1.82, 2.24) is 5.32 Å². The molecular weight excluding hydrogens is 226 g/mol. The number of carbonyl (C=O) groups excluding carboxylic acids is 1. The van der Waals surface area contributed by atoms with Gasteiger partial charge in [0, 0.05) is 6.54 Å². The Labute approximate surface area is 109 Å². The second-order valence-electron chi connectivity index (χ2n) is 4.94. The third-order valence-corrected chi connectivity index (χ3v) is 3.57. The lowest BCUT2D eigenvalue weighted by molar-refractivity contribution is -0.156. The van der Waals surface area contributed by atoms with Gasteiger partial charge in [-0.1, -0.05) is 30.3 Å². The van der Waals surface area contributed by atoms with Crippen molar-refractivity contribution in [3.8, 4) is 0 Å². The Kier molecular flexibility index (Phi) is 4.37. The smallest absolute Gasteiger partial charge is 0.313 e. The van der Waals surface area contributed by atoms with Gasteiger partial charge in [-0.25, -0.2) is 0 Å². The number of carbonyl (C=O) groups is 1. The molecule has 1 saturated heterocycles. The summed E-state index contributed by atoms with van der Waals surface area (Å²) in [7, 11) is 0. The van der Waals surface area contributed by atoms with Crippen LogP contribution in [-0.4, -0.2) is 25.7 Å². The van der Waals surface area contributed by atoms with E-state index in [0.717, 1.165) is 32.4 Å². The first kappa shape index (κ1) is 13.1. The average molecular weight is 247 g/mol. The molecule has 0 spiro atoms. The number of hydrogen-bond acceptors (Lipinski definition) is 3. The summed E-state index contributed by atoms with van der Waals surface area (Å²) in [5.41, 5.74) is 0.824. The molecule has 0 aromatic heterocycles. The van der Waals surface area contributed by atoms with Crippen LogP contribution in [0, 0.1) is 5.41 Å². The molecule has 0 bridgehead atoms. The van der Waals surface area contributed by atoms with Crippen LogP contribution in [0.4, 0.5) is 0 Å². The molecule has 1 N–H and O–H groups in total. The van der Waals surface area contributed by atoms with E-state index in [1.165, 1.54) is 5.56 Å². The van der Waals surface area contributed by atoms with Crippen LogP contribution in [-0.2, 0) is 16.0 Å². The Balaban J connectivity index is 2.16. The van der Waals surface area contributed by atoms with Crippen LogP contribution in [0.15, 0.2) is 30.3 Å². The van der Waals surface area contributed by atoms with Gasteiger partial charge in [0.2, 0.25) is 0 Å². The molecule has 1 aromatic rings. The van der Waals surface area contributed by atoms with Gasteiger partial charge in [0.05, 0.1) is 12.0 Å². The predicted molar refractivity (Wildman–Crippen MR) is 71.3 cm³/mol. The molecule has 1 aromatic carbocycles. The number of piperidine rings is 1. The second-order valence-corrected chi connectivity index (χ2v) is 4.94. The van der Waals surface area contributed by atoms with Gasteiger partial charge in [-0.15, -0.1) is 0 Å². The molecule has 2 rings (SSSR count). The molecular formula is C15H21NO2. The lowest BCUT2D eigenvalue weighted by atomic mass is 9.76. The van der Waals surface area contributed by atoms with Gasteiger partial charge in [-0.05, 0) is 38.3 Å². The molecule has 0 aliphatic carbocycles. The lowest BCUT2D eigenvalue weighted by Crippen LogP contribution is -2.47. The van der Waals surface area contributed by atoms with Gasteiger partial charge < -0.3 is 10.1 Å². The number of ether oxygens (including phenoxy) is 1. The third-order valence-electron chi connectivity index (χ3n) is 3.57. The molecule has 0 amide bonds. The van der Waals surface area contributed by atoms with E-state index in [9.17, 15) is 4.79 Å². The predicted octanol–water partition coefficient (Wildman–Crippen LogP) is 2.16. The van der Waals surface area contributed by atoms with Crippen LogP contribution in [0.1, 0.15) is 25.3 Å². The Morgan fingerprint density at radius 3 is 2.78 bits per heavy atom. The van der Waals surface area contributed by atoms with Gasteiger partial charge in [0.1, 0.15) is 0 Å². The zero-order chi connectivity index (χ0) is 12.8. The van der Waals surface area contributed by atoms with Crippen molar-refractivity contribution >= 4 is 5.97 Å². The van der Waals surface area contributed by atoms with Crippen molar-refractivity contribution in [3.05, 3.63) is 35.9 Å². The fourth-order valence-electron chi connectivity index (χ4n) is 2.64. The molecule has 1 heterocycles. The van der Waals surface area contributed by atoms with Gasteiger partial charge in [0.15, 0.2) is 0 Å². The summed E-state index contributed by atoms with van der Waals surface area (Å²) < 4.78 is 5.28. The van der Waals surface area contributed by atoms with E-state index >= 15 is 0 Å². The molecule has 1 atom stereocenters. The van der Waals surface area contributed by atoms with Gasteiger partial charge in [-0.2, -0.15) is 0 Å². The van der Waals surface area contributed by atoms with Crippen LogP contribution < -0.4 is 5.32 Å². The molecule has 1 aliphatic heterocycles. The van der Waals surface area contributed by atoms with Crippen molar-refractivity contribution in [2.24, 2.45) is 5.41 Å². The first-order valence-electron chi connectivity index (χ1n) is 6.69. The summed E-state index contributed by atoms with van der Waals surface area (Å²) in [6.45, 7) is 4.04. The standard InChI is InChI=1S/C15H21NO2/c1-2-18-14(17)15(9-6-10-16-12-15)11-13-7-4-3-5-8-13/h3-5,7-8,16H,2,6,9-12H2,1H3/t15-/m0/s1. The summed E-state index contributed by atoms with van der Waals surface area (Å²) in [6.07, 6.45) is 2.71. The highest BCUT2D eigenvalue weighted by Gasteiger charge is 2.40. The van der Waals surface area contributed by atoms with Crippen molar-refractivity contribution in [2.45, 2.75) is 26.2 Å². The van der Waals surface area contributed by atoms with E-state index in [-0.39, 0.29) is 11.4 Å². The number of hydrogen-bond donors (Lipinski definition) is 1. The van der Waals surface area contributed by atoms with Crippen molar-refractivity contribution in [3.63, 3.8) is 0 Å². The van der Waals surface area contributed by atoms with Crippen LogP contribution >= 0.6 is 0 Å². The monoisotopic (exact) mass is 247 g/mol. The van der Waals surface area contributed by atoms with Gasteiger partial charge >= 0.3 is 5.97 Å². The van der Waals surface area contributed by atoms with Crippen LogP contribution in [0.5, 0.6) is 0 Å². The van der Waals surface area contributed by atoms with E-state index in [0.29, 0.717) is 6.61 Å². The van der Waals surface area contributed by atoms with E-state index in [4.69, 9.17) is 4.74 Å². The largest absolute Gasteiger partial charge is 0.466 e. The van der Waals surface area contributed by atoms with Crippen LogP contribution in [0.25, 0.3) is 0 Å². The van der Waals surface area contributed by atoms with Gasteiger partial charge in [-0.3, -0.25) is 4.79 Å². The summed E-state index contributed by atoms with van der Waals surface area (Å²) in [4.78, 5) is 12.3.